The molecule has 1 atom stereocenters. The number of hydrogen-bond acceptors (Lipinski definition) is 3. The van der Waals surface area contributed by atoms with Crippen LogP contribution in [0.4, 0.5) is 0 Å². The van der Waals surface area contributed by atoms with Crippen molar-refractivity contribution < 1.29 is 8.42 Å². The number of sulfonamides is 1. The second-order valence-corrected chi connectivity index (χ2v) is 7.41. The van der Waals surface area contributed by atoms with Gasteiger partial charge in [0, 0.05) is 17.1 Å². The van der Waals surface area contributed by atoms with Crippen LogP contribution >= 0.6 is 39.1 Å². The van der Waals surface area contributed by atoms with Crippen molar-refractivity contribution in [3.05, 3.63) is 26.7 Å². The lowest BCUT2D eigenvalue weighted by Crippen LogP contribution is -2.38. The molecule has 0 aliphatic rings. The largest absolute Gasteiger partial charge is 0.313 e. The van der Waals surface area contributed by atoms with Gasteiger partial charge in [-0.05, 0) is 41.5 Å². The zero-order valence-electron chi connectivity index (χ0n) is 10.5. The highest BCUT2D eigenvalue weighted by atomic mass is 79.9. The summed E-state index contributed by atoms with van der Waals surface area (Å²) in [5.74, 6) is 0. The third-order valence-electron chi connectivity index (χ3n) is 2.40. The minimum atomic E-state index is -3.65. The minimum absolute atomic E-state index is 0.00846. The van der Waals surface area contributed by atoms with Crippen LogP contribution in [0.15, 0.2) is 21.5 Å². The van der Waals surface area contributed by atoms with Gasteiger partial charge in [0.25, 0.3) is 0 Å². The average molecular weight is 390 g/mol. The van der Waals surface area contributed by atoms with E-state index in [-0.39, 0.29) is 22.5 Å². The first kappa shape index (κ1) is 17.2. The molecule has 19 heavy (non-hydrogen) atoms. The van der Waals surface area contributed by atoms with Gasteiger partial charge >= 0.3 is 0 Å². The van der Waals surface area contributed by atoms with Crippen molar-refractivity contribution in [2.75, 3.05) is 13.1 Å². The lowest BCUT2D eigenvalue weighted by atomic mass is 10.3. The van der Waals surface area contributed by atoms with Crippen LogP contribution < -0.4 is 10.0 Å². The summed E-state index contributed by atoms with van der Waals surface area (Å²) < 4.78 is 27.3. The summed E-state index contributed by atoms with van der Waals surface area (Å²) in [5.41, 5.74) is 0. The van der Waals surface area contributed by atoms with Gasteiger partial charge in [-0.25, -0.2) is 13.1 Å². The lowest BCUT2D eigenvalue weighted by molar-refractivity contribution is 0.536. The van der Waals surface area contributed by atoms with Gasteiger partial charge in [-0.2, -0.15) is 0 Å². The number of rotatable bonds is 6. The van der Waals surface area contributed by atoms with E-state index in [4.69, 9.17) is 23.2 Å². The van der Waals surface area contributed by atoms with Crippen LogP contribution in [0.3, 0.4) is 0 Å². The van der Waals surface area contributed by atoms with Gasteiger partial charge in [0.05, 0.1) is 10.0 Å². The normalized spacial score (nSPS) is 13.5. The van der Waals surface area contributed by atoms with Crippen molar-refractivity contribution in [3.63, 3.8) is 0 Å². The minimum Gasteiger partial charge on any atom is -0.313 e. The Morgan fingerprint density at radius 1 is 1.32 bits per heavy atom. The Morgan fingerprint density at radius 3 is 2.53 bits per heavy atom. The Labute approximate surface area is 132 Å². The Bertz CT molecular complexity index is 552. The monoisotopic (exact) mass is 388 g/mol. The van der Waals surface area contributed by atoms with E-state index in [1.54, 1.807) is 0 Å². The molecule has 0 bridgehead atoms. The third-order valence-corrected chi connectivity index (χ3v) is 5.48. The van der Waals surface area contributed by atoms with Gasteiger partial charge in [-0.15, -0.1) is 0 Å². The molecule has 0 aromatic heterocycles. The maximum atomic E-state index is 12.1. The fraction of sp³-hybridized carbons (Fsp3) is 0.455. The first-order valence-corrected chi connectivity index (χ1v) is 8.68. The molecule has 8 heteroatoms. The van der Waals surface area contributed by atoms with E-state index in [1.807, 2.05) is 13.8 Å². The van der Waals surface area contributed by atoms with E-state index in [1.165, 1.54) is 12.1 Å². The standard InChI is InChI=1S/C11H15BrCl2N2O2S/c1-3-15-7(2)6-16-19(17,18)11-4-8(12)9(13)5-10(11)14/h4-5,7,15-16H,3,6H2,1-2H3/t7-/m1/s1. The summed E-state index contributed by atoms with van der Waals surface area (Å²) in [4.78, 5) is 0.00846. The molecule has 0 fully saturated rings. The molecule has 108 valence electrons. The summed E-state index contributed by atoms with van der Waals surface area (Å²) in [7, 11) is -3.65. The summed E-state index contributed by atoms with van der Waals surface area (Å²) in [5, 5.41) is 3.57. The van der Waals surface area contributed by atoms with Crippen LogP contribution in [-0.4, -0.2) is 27.5 Å². The van der Waals surface area contributed by atoms with Gasteiger partial charge < -0.3 is 5.32 Å². The Balaban J connectivity index is 2.92. The van der Waals surface area contributed by atoms with Crippen molar-refractivity contribution in [1.29, 1.82) is 0 Å². The average Bonchev–Trinajstić information content (AvgIpc) is 2.31. The number of benzene rings is 1. The van der Waals surface area contributed by atoms with Crippen molar-refractivity contribution >= 4 is 49.2 Å². The molecule has 0 saturated heterocycles. The fourth-order valence-corrected chi connectivity index (χ4v) is 3.84. The second-order valence-electron chi connectivity index (χ2n) is 4.01. The van der Waals surface area contributed by atoms with E-state index in [9.17, 15) is 8.42 Å². The molecular formula is C11H15BrCl2N2O2S. The Kier molecular flexibility index (Phi) is 6.56. The van der Waals surface area contributed by atoms with Crippen LogP contribution in [0.25, 0.3) is 0 Å². The molecule has 1 aromatic carbocycles. The molecule has 1 aromatic rings. The van der Waals surface area contributed by atoms with Crippen LogP contribution in [-0.2, 0) is 10.0 Å². The maximum Gasteiger partial charge on any atom is 0.242 e. The molecule has 0 spiro atoms. The van der Waals surface area contributed by atoms with Crippen LogP contribution in [0, 0.1) is 0 Å². The fourth-order valence-electron chi connectivity index (χ4n) is 1.44. The smallest absolute Gasteiger partial charge is 0.242 e. The predicted molar refractivity (Wildman–Crippen MR) is 82.5 cm³/mol. The molecule has 2 N–H and O–H groups in total. The molecular weight excluding hydrogens is 375 g/mol. The predicted octanol–water partition coefficient (Wildman–Crippen LogP) is 3.03. The van der Waals surface area contributed by atoms with E-state index in [0.717, 1.165) is 6.54 Å². The Hall–Kier alpha value is 0.150. The summed E-state index contributed by atoms with van der Waals surface area (Å²) in [6.07, 6.45) is 0. The molecule has 0 radical (unpaired) electrons. The molecule has 0 unspecified atom stereocenters. The third kappa shape index (κ3) is 4.88. The number of nitrogens with one attached hydrogen (secondary N) is 2. The van der Waals surface area contributed by atoms with E-state index >= 15 is 0 Å². The zero-order valence-corrected chi connectivity index (χ0v) is 14.4. The molecule has 1 rings (SSSR count). The summed E-state index contributed by atoms with van der Waals surface area (Å²) in [6.45, 7) is 4.91. The van der Waals surface area contributed by atoms with E-state index < -0.39 is 10.0 Å². The number of hydrogen-bond donors (Lipinski definition) is 2. The summed E-state index contributed by atoms with van der Waals surface area (Å²) >= 11 is 15.0. The van der Waals surface area contributed by atoms with Crippen molar-refractivity contribution in [1.82, 2.24) is 10.0 Å². The highest BCUT2D eigenvalue weighted by Crippen LogP contribution is 2.31. The maximum absolute atomic E-state index is 12.1. The molecule has 0 saturated carbocycles. The van der Waals surface area contributed by atoms with Gasteiger partial charge in [-0.3, -0.25) is 0 Å². The molecule has 0 aliphatic carbocycles. The topological polar surface area (TPSA) is 58.2 Å². The highest BCUT2D eigenvalue weighted by molar-refractivity contribution is 9.10. The van der Waals surface area contributed by atoms with Crippen molar-refractivity contribution in [3.8, 4) is 0 Å². The van der Waals surface area contributed by atoms with Gasteiger partial charge in [0.1, 0.15) is 4.90 Å². The van der Waals surface area contributed by atoms with Gasteiger partial charge in [0.15, 0.2) is 0 Å². The van der Waals surface area contributed by atoms with Crippen LogP contribution in [0.2, 0.25) is 10.0 Å². The number of likely N-dealkylation sites (N-methyl/N-ethyl adjacent to an activating group) is 1. The first-order chi connectivity index (χ1) is 8.77. The zero-order chi connectivity index (χ0) is 14.6. The number of halogens is 3. The Morgan fingerprint density at radius 2 is 1.95 bits per heavy atom. The van der Waals surface area contributed by atoms with Gasteiger partial charge in [0.2, 0.25) is 10.0 Å². The first-order valence-electron chi connectivity index (χ1n) is 5.65. The summed E-state index contributed by atoms with van der Waals surface area (Å²) in [6, 6.07) is 2.83. The highest BCUT2D eigenvalue weighted by Gasteiger charge is 2.20. The van der Waals surface area contributed by atoms with Crippen LogP contribution in [0.5, 0.6) is 0 Å². The van der Waals surface area contributed by atoms with E-state index in [2.05, 4.69) is 26.0 Å². The van der Waals surface area contributed by atoms with Crippen LogP contribution in [0.1, 0.15) is 13.8 Å². The SMILES string of the molecule is CCN[C@H](C)CNS(=O)(=O)c1cc(Br)c(Cl)cc1Cl. The second kappa shape index (κ2) is 7.24. The van der Waals surface area contributed by atoms with Crippen molar-refractivity contribution in [2.45, 2.75) is 24.8 Å². The van der Waals surface area contributed by atoms with E-state index in [0.29, 0.717) is 9.50 Å². The lowest BCUT2D eigenvalue weighted by Gasteiger charge is -2.14. The molecule has 4 nitrogen and oxygen atoms in total. The van der Waals surface area contributed by atoms with Gasteiger partial charge in [-0.1, -0.05) is 30.1 Å². The van der Waals surface area contributed by atoms with Crippen molar-refractivity contribution in [2.24, 2.45) is 0 Å². The molecule has 0 aliphatic heterocycles. The molecule has 0 heterocycles. The quantitative estimate of drug-likeness (QED) is 0.735. The molecule has 0 amide bonds.